The van der Waals surface area contributed by atoms with E-state index >= 15 is 0 Å². The van der Waals surface area contributed by atoms with Gasteiger partial charge in [-0.1, -0.05) is 0 Å². The van der Waals surface area contributed by atoms with Crippen molar-refractivity contribution < 1.29 is 9.53 Å². The first kappa shape index (κ1) is 15.4. The van der Waals surface area contributed by atoms with Crippen molar-refractivity contribution in [2.75, 3.05) is 25.5 Å². The van der Waals surface area contributed by atoms with Gasteiger partial charge < -0.3 is 15.4 Å². The highest BCUT2D eigenvalue weighted by Gasteiger charge is 2.21. The Hall–Kier alpha value is -2.48. The van der Waals surface area contributed by atoms with Crippen molar-refractivity contribution in [1.82, 2.24) is 25.5 Å². The molecule has 1 aliphatic heterocycles. The van der Waals surface area contributed by atoms with Crippen LogP contribution in [0.15, 0.2) is 18.2 Å². The molecule has 2 heterocycles. The van der Waals surface area contributed by atoms with E-state index in [4.69, 9.17) is 4.74 Å². The molecular weight excluding hydrogens is 296 g/mol. The first-order valence-electron chi connectivity index (χ1n) is 7.64. The summed E-state index contributed by atoms with van der Waals surface area (Å²) in [6.45, 7) is 3.51. The van der Waals surface area contributed by atoms with Crippen LogP contribution in [0.4, 0.5) is 5.69 Å². The van der Waals surface area contributed by atoms with Gasteiger partial charge in [0.2, 0.25) is 5.91 Å². The third-order valence-electron chi connectivity index (χ3n) is 3.97. The molecule has 2 N–H and O–H groups in total. The molecule has 122 valence electrons. The number of carbonyl (C=O) groups is 1. The van der Waals surface area contributed by atoms with E-state index in [9.17, 15) is 4.79 Å². The monoisotopic (exact) mass is 316 g/mol. The minimum Gasteiger partial charge on any atom is -0.494 e. The number of methoxy groups -OCH3 is 1. The van der Waals surface area contributed by atoms with Crippen LogP contribution in [0.2, 0.25) is 0 Å². The average molecular weight is 316 g/mol. The molecule has 1 fully saturated rings. The van der Waals surface area contributed by atoms with Gasteiger partial charge in [-0.05, 0) is 54.9 Å². The maximum absolute atomic E-state index is 12.4. The topological polar surface area (TPSA) is 94.0 Å². The predicted octanol–water partition coefficient (Wildman–Crippen LogP) is 0.917. The molecule has 23 heavy (non-hydrogen) atoms. The van der Waals surface area contributed by atoms with Crippen molar-refractivity contribution in [2.24, 2.45) is 5.92 Å². The van der Waals surface area contributed by atoms with Gasteiger partial charge in [0, 0.05) is 12.2 Å². The highest BCUT2D eigenvalue weighted by molar-refractivity contribution is 5.93. The molecule has 1 saturated heterocycles. The third-order valence-corrected chi connectivity index (χ3v) is 3.97. The molecule has 8 nitrogen and oxygen atoms in total. The van der Waals surface area contributed by atoms with Gasteiger partial charge in [0.25, 0.3) is 0 Å². The lowest BCUT2D eigenvalue weighted by molar-refractivity contribution is -0.120. The Labute approximate surface area is 134 Å². The van der Waals surface area contributed by atoms with Crippen molar-refractivity contribution >= 4 is 11.6 Å². The van der Waals surface area contributed by atoms with Crippen LogP contribution in [-0.4, -0.2) is 46.3 Å². The molecule has 1 aromatic heterocycles. The van der Waals surface area contributed by atoms with Crippen LogP contribution in [0.25, 0.3) is 5.69 Å². The van der Waals surface area contributed by atoms with Crippen molar-refractivity contribution in [3.05, 3.63) is 24.0 Å². The molecule has 8 heteroatoms. The molecule has 0 radical (unpaired) electrons. The number of hydrogen-bond acceptors (Lipinski definition) is 6. The summed E-state index contributed by atoms with van der Waals surface area (Å²) in [5, 5.41) is 17.7. The maximum atomic E-state index is 12.4. The van der Waals surface area contributed by atoms with Crippen LogP contribution in [0.5, 0.6) is 5.75 Å². The quantitative estimate of drug-likeness (QED) is 0.871. The Morgan fingerprint density at radius 2 is 2.35 bits per heavy atom. The second kappa shape index (κ2) is 6.74. The summed E-state index contributed by atoms with van der Waals surface area (Å²) in [4.78, 5) is 12.4. The highest BCUT2D eigenvalue weighted by atomic mass is 16.5. The van der Waals surface area contributed by atoms with E-state index in [1.54, 1.807) is 24.8 Å². The number of nitrogens with one attached hydrogen (secondary N) is 2. The molecule has 0 aliphatic carbocycles. The number of nitrogens with zero attached hydrogens (tertiary/aromatic N) is 4. The van der Waals surface area contributed by atoms with Gasteiger partial charge in [-0.25, -0.2) is 0 Å². The molecule has 1 aromatic carbocycles. The first-order valence-corrected chi connectivity index (χ1v) is 7.64. The number of rotatable bonds is 4. The molecule has 0 spiro atoms. The van der Waals surface area contributed by atoms with Gasteiger partial charge in [0.15, 0.2) is 5.82 Å². The fourth-order valence-electron chi connectivity index (χ4n) is 2.71. The zero-order chi connectivity index (χ0) is 16.2. The van der Waals surface area contributed by atoms with Gasteiger partial charge in [-0.2, -0.15) is 4.68 Å². The second-order valence-electron chi connectivity index (χ2n) is 5.56. The average Bonchev–Trinajstić information content (AvgIpc) is 3.01. The number of benzene rings is 1. The molecule has 0 bridgehead atoms. The van der Waals surface area contributed by atoms with Gasteiger partial charge in [0.05, 0.1) is 13.0 Å². The second-order valence-corrected chi connectivity index (χ2v) is 5.56. The molecule has 1 unspecified atom stereocenters. The van der Waals surface area contributed by atoms with Crippen LogP contribution >= 0.6 is 0 Å². The number of anilines is 1. The van der Waals surface area contributed by atoms with Crippen molar-refractivity contribution in [3.63, 3.8) is 0 Å². The van der Waals surface area contributed by atoms with Crippen LogP contribution in [0, 0.1) is 12.8 Å². The van der Waals surface area contributed by atoms with E-state index in [0.717, 1.165) is 25.9 Å². The van der Waals surface area contributed by atoms with E-state index in [2.05, 4.69) is 26.2 Å². The van der Waals surface area contributed by atoms with Crippen LogP contribution in [0.1, 0.15) is 18.7 Å². The number of carbonyl (C=O) groups excluding carboxylic acids is 1. The highest BCUT2D eigenvalue weighted by Crippen LogP contribution is 2.27. The van der Waals surface area contributed by atoms with Crippen molar-refractivity contribution in [1.29, 1.82) is 0 Å². The Balaban J connectivity index is 1.83. The minimum absolute atomic E-state index is 0.00377. The number of tetrazole rings is 1. The number of aromatic nitrogens is 4. The van der Waals surface area contributed by atoms with Crippen LogP contribution in [-0.2, 0) is 4.79 Å². The molecule has 1 aliphatic rings. The normalized spacial score (nSPS) is 17.7. The zero-order valence-electron chi connectivity index (χ0n) is 13.2. The van der Waals surface area contributed by atoms with E-state index < -0.39 is 0 Å². The van der Waals surface area contributed by atoms with E-state index in [0.29, 0.717) is 22.9 Å². The smallest absolute Gasteiger partial charge is 0.228 e. The number of hydrogen-bond donors (Lipinski definition) is 2. The summed E-state index contributed by atoms with van der Waals surface area (Å²) >= 11 is 0. The molecule has 0 saturated carbocycles. The first-order chi connectivity index (χ1) is 11.2. The Morgan fingerprint density at radius 1 is 1.48 bits per heavy atom. The van der Waals surface area contributed by atoms with Crippen LogP contribution in [0.3, 0.4) is 0 Å². The number of ether oxygens (including phenoxy) is 1. The molecule has 1 atom stereocenters. The van der Waals surface area contributed by atoms with Gasteiger partial charge in [0.1, 0.15) is 11.4 Å². The summed E-state index contributed by atoms with van der Waals surface area (Å²) in [5.41, 5.74) is 1.39. The Bertz CT molecular complexity index is 693. The lowest BCUT2D eigenvalue weighted by Crippen LogP contribution is -2.37. The van der Waals surface area contributed by atoms with Crippen molar-refractivity contribution in [2.45, 2.75) is 19.8 Å². The molecule has 2 aromatic rings. The van der Waals surface area contributed by atoms with E-state index in [1.807, 2.05) is 12.1 Å². The summed E-state index contributed by atoms with van der Waals surface area (Å²) in [7, 11) is 1.59. The Kier molecular flexibility index (Phi) is 4.52. The number of aryl methyl sites for hydroxylation is 1. The zero-order valence-corrected chi connectivity index (χ0v) is 13.2. The van der Waals surface area contributed by atoms with Gasteiger partial charge in [-0.15, -0.1) is 5.10 Å². The third kappa shape index (κ3) is 3.31. The molecule has 1 amide bonds. The number of piperidine rings is 1. The predicted molar refractivity (Wildman–Crippen MR) is 84.7 cm³/mol. The summed E-state index contributed by atoms with van der Waals surface area (Å²) in [6.07, 6.45) is 1.93. The standard InChI is InChI=1S/C15H20N6O2/c1-10-18-19-20-21(10)13-8-12(5-6-14(13)23-2)17-15(22)11-4-3-7-16-9-11/h5-6,8,11,16H,3-4,7,9H2,1-2H3,(H,17,22). The lowest BCUT2D eigenvalue weighted by Gasteiger charge is -2.22. The lowest BCUT2D eigenvalue weighted by atomic mass is 9.99. The van der Waals surface area contributed by atoms with Gasteiger partial charge in [-0.3, -0.25) is 4.79 Å². The van der Waals surface area contributed by atoms with Crippen LogP contribution < -0.4 is 15.4 Å². The van der Waals surface area contributed by atoms with E-state index in [1.165, 1.54) is 0 Å². The largest absolute Gasteiger partial charge is 0.494 e. The molecular formula is C15H20N6O2. The fraction of sp³-hybridized carbons (Fsp3) is 0.467. The maximum Gasteiger partial charge on any atom is 0.228 e. The van der Waals surface area contributed by atoms with Crippen molar-refractivity contribution in [3.8, 4) is 11.4 Å². The van der Waals surface area contributed by atoms with E-state index in [-0.39, 0.29) is 11.8 Å². The van der Waals surface area contributed by atoms with Gasteiger partial charge >= 0.3 is 0 Å². The summed E-state index contributed by atoms with van der Waals surface area (Å²) in [6, 6.07) is 5.43. The molecule has 3 rings (SSSR count). The SMILES string of the molecule is COc1ccc(NC(=O)C2CCCNC2)cc1-n1nnnc1C. The summed E-state index contributed by atoms with van der Waals surface area (Å²) in [5.74, 6) is 1.31. The fourth-order valence-corrected chi connectivity index (χ4v) is 2.71. The Morgan fingerprint density at radius 3 is 3.00 bits per heavy atom. The number of amides is 1. The minimum atomic E-state index is 0.00377. The summed E-state index contributed by atoms with van der Waals surface area (Å²) < 4.78 is 6.94.